The lowest BCUT2D eigenvalue weighted by Crippen LogP contribution is -2.38. The van der Waals surface area contributed by atoms with Crippen molar-refractivity contribution in [1.82, 2.24) is 25.0 Å². The van der Waals surface area contributed by atoms with Crippen LogP contribution in [0.3, 0.4) is 0 Å². The minimum atomic E-state index is -0.664. The third-order valence-corrected chi connectivity index (χ3v) is 8.61. The Hall–Kier alpha value is -4.18. The third-order valence-electron chi connectivity index (χ3n) is 8.61. The van der Waals surface area contributed by atoms with Crippen molar-refractivity contribution in [2.45, 2.75) is 51.0 Å². The number of rotatable bonds is 7. The molecule has 1 saturated heterocycles. The van der Waals surface area contributed by atoms with Gasteiger partial charge in [-0.25, -0.2) is 24.8 Å². The van der Waals surface area contributed by atoms with Gasteiger partial charge < -0.3 is 4.90 Å². The minimum Gasteiger partial charge on any atom is -0.341 e. The predicted molar refractivity (Wildman–Crippen MR) is 152 cm³/mol. The van der Waals surface area contributed by atoms with E-state index in [0.717, 1.165) is 49.9 Å². The number of aromatic nitrogens is 4. The number of nitrogens with one attached hydrogen (secondary N) is 1. The lowest BCUT2D eigenvalue weighted by molar-refractivity contribution is 0.0705. The summed E-state index contributed by atoms with van der Waals surface area (Å²) < 4.78 is 16.8. The smallest absolute Gasteiger partial charge is 0.277 e. The van der Waals surface area contributed by atoms with Gasteiger partial charge in [0.2, 0.25) is 5.95 Å². The Morgan fingerprint density at radius 2 is 1.71 bits per heavy atom. The number of halogens is 1. The minimum absolute atomic E-state index is 0.0396. The number of fused-ring (bicyclic) bond motifs is 1. The summed E-state index contributed by atoms with van der Waals surface area (Å²) in [4.78, 5) is 41.2. The molecule has 1 amide bonds. The normalized spacial score (nSPS) is 17.2. The Balaban J connectivity index is 1.32. The Morgan fingerprint density at radius 3 is 2.39 bits per heavy atom. The fourth-order valence-corrected chi connectivity index (χ4v) is 6.48. The van der Waals surface area contributed by atoms with Gasteiger partial charge in [0.15, 0.2) is 0 Å². The van der Waals surface area contributed by atoms with Gasteiger partial charge in [-0.15, -0.1) is 0 Å². The van der Waals surface area contributed by atoms with Crippen molar-refractivity contribution >= 4 is 22.8 Å². The molecule has 9 nitrogen and oxygen atoms in total. The molecule has 2 N–H and O–H groups in total. The zero-order valence-corrected chi connectivity index (χ0v) is 22.7. The van der Waals surface area contributed by atoms with Crippen LogP contribution in [0.15, 0.2) is 65.7 Å². The lowest BCUT2D eigenvalue weighted by atomic mass is 9.83. The molecule has 1 unspecified atom stereocenters. The topological polar surface area (TPSA) is 113 Å². The summed E-state index contributed by atoms with van der Waals surface area (Å²) in [5.74, 6) is 0.559. The van der Waals surface area contributed by atoms with Crippen molar-refractivity contribution in [3.05, 3.63) is 94.0 Å². The molecule has 41 heavy (non-hydrogen) atoms. The Labute approximate surface area is 237 Å². The summed E-state index contributed by atoms with van der Waals surface area (Å²) in [6.45, 7) is 1.83. The number of hydrogen-bond donors (Lipinski definition) is 2. The molecule has 1 aliphatic heterocycles. The van der Waals surface area contributed by atoms with E-state index in [9.17, 15) is 14.0 Å². The Kier molecular flexibility index (Phi) is 7.74. The highest BCUT2D eigenvalue weighted by molar-refractivity contribution is 5.92. The van der Waals surface area contributed by atoms with Crippen molar-refractivity contribution < 1.29 is 14.4 Å². The van der Waals surface area contributed by atoms with Crippen molar-refractivity contribution in [2.24, 2.45) is 11.8 Å². The SMILES string of the molecule is O=C(NO)c1cnc(N2CCC(Cn3c(C(c4ccccc4)C4CCCC4)nc4cccc(F)c4c3=O)CC2)nc1. The summed E-state index contributed by atoms with van der Waals surface area (Å²) in [6, 6.07) is 15.0. The molecule has 0 bridgehead atoms. The fraction of sp³-hybridized carbons (Fsp3) is 0.387. The molecule has 0 radical (unpaired) electrons. The molecule has 2 aromatic heterocycles. The second-order valence-corrected chi connectivity index (χ2v) is 11.1. The second kappa shape index (κ2) is 11.7. The monoisotopic (exact) mass is 556 g/mol. The van der Waals surface area contributed by atoms with Crippen LogP contribution in [0.4, 0.5) is 10.3 Å². The van der Waals surface area contributed by atoms with E-state index in [-0.39, 0.29) is 28.3 Å². The van der Waals surface area contributed by atoms with E-state index >= 15 is 0 Å². The van der Waals surface area contributed by atoms with Gasteiger partial charge in [-0.1, -0.05) is 49.2 Å². The first kappa shape index (κ1) is 27.0. The molecule has 2 aromatic carbocycles. The number of amides is 1. The van der Waals surface area contributed by atoms with Gasteiger partial charge in [-0.2, -0.15) is 0 Å². The zero-order chi connectivity index (χ0) is 28.3. The van der Waals surface area contributed by atoms with Crippen molar-refractivity contribution in [2.75, 3.05) is 18.0 Å². The van der Waals surface area contributed by atoms with Gasteiger partial charge in [0.25, 0.3) is 11.5 Å². The fourth-order valence-electron chi connectivity index (χ4n) is 6.48. The maximum Gasteiger partial charge on any atom is 0.277 e. The highest BCUT2D eigenvalue weighted by atomic mass is 19.1. The van der Waals surface area contributed by atoms with E-state index in [1.54, 1.807) is 22.2 Å². The van der Waals surface area contributed by atoms with Gasteiger partial charge in [0, 0.05) is 37.9 Å². The standard InChI is InChI=1S/C31H33FN6O3/c32-24-11-6-12-25-27(24)30(40)38(28(35-25)26(22-9-4-5-10-22)21-7-2-1-3-8-21)19-20-13-15-37(16-14-20)31-33-17-23(18-34-31)29(39)36-41/h1-3,6-8,11-12,17-18,20,22,26,41H,4-5,9-10,13-16,19H2,(H,36,39). The number of hydroxylamine groups is 1. The molecule has 2 fully saturated rings. The first-order chi connectivity index (χ1) is 20.0. The largest absolute Gasteiger partial charge is 0.341 e. The Morgan fingerprint density at radius 1 is 1.00 bits per heavy atom. The van der Waals surface area contributed by atoms with Crippen LogP contribution < -0.4 is 15.9 Å². The number of carbonyl (C=O) groups excluding carboxylic acids is 1. The van der Waals surface area contributed by atoms with Crippen LogP contribution in [0.25, 0.3) is 10.9 Å². The van der Waals surface area contributed by atoms with Crippen LogP contribution >= 0.6 is 0 Å². The highest BCUT2D eigenvalue weighted by Crippen LogP contribution is 2.41. The summed E-state index contributed by atoms with van der Waals surface area (Å²) in [5.41, 5.74) is 2.98. The van der Waals surface area contributed by atoms with Gasteiger partial charge >= 0.3 is 0 Å². The summed E-state index contributed by atoms with van der Waals surface area (Å²) in [7, 11) is 0. The van der Waals surface area contributed by atoms with Crippen LogP contribution in [0.2, 0.25) is 0 Å². The molecule has 10 heteroatoms. The number of benzene rings is 2. The summed E-state index contributed by atoms with van der Waals surface area (Å²) in [5, 5.41) is 8.86. The molecular weight excluding hydrogens is 523 g/mol. The molecule has 212 valence electrons. The van der Waals surface area contributed by atoms with Crippen LogP contribution in [-0.4, -0.2) is 43.7 Å². The zero-order valence-electron chi connectivity index (χ0n) is 22.7. The number of nitrogens with zero attached hydrogens (tertiary/aromatic N) is 5. The van der Waals surface area contributed by atoms with Gasteiger partial charge in [0.05, 0.1) is 11.1 Å². The second-order valence-electron chi connectivity index (χ2n) is 11.1. The number of carbonyl (C=O) groups is 1. The average Bonchev–Trinajstić information content (AvgIpc) is 3.54. The lowest BCUT2D eigenvalue weighted by Gasteiger charge is -2.33. The van der Waals surface area contributed by atoms with Gasteiger partial charge in [0.1, 0.15) is 17.0 Å². The van der Waals surface area contributed by atoms with Crippen LogP contribution in [0.1, 0.15) is 66.2 Å². The molecule has 4 aromatic rings. The van der Waals surface area contributed by atoms with Crippen LogP contribution in [0.5, 0.6) is 0 Å². The van der Waals surface area contributed by atoms with Gasteiger partial charge in [-0.05, 0) is 55.2 Å². The molecule has 1 atom stereocenters. The molecule has 0 spiro atoms. The quantitative estimate of drug-likeness (QED) is 0.251. The number of hydrogen-bond acceptors (Lipinski definition) is 7. The van der Waals surface area contributed by atoms with E-state index in [1.165, 1.54) is 18.5 Å². The number of piperidine rings is 1. The van der Waals surface area contributed by atoms with Gasteiger partial charge in [-0.3, -0.25) is 19.4 Å². The molecular formula is C31H33FN6O3. The van der Waals surface area contributed by atoms with Crippen LogP contribution in [-0.2, 0) is 6.54 Å². The highest BCUT2D eigenvalue weighted by Gasteiger charge is 2.33. The van der Waals surface area contributed by atoms with E-state index in [1.807, 2.05) is 23.1 Å². The maximum atomic E-state index is 15.0. The maximum absolute atomic E-state index is 15.0. The average molecular weight is 557 g/mol. The first-order valence-corrected chi connectivity index (χ1v) is 14.3. The van der Waals surface area contributed by atoms with Crippen molar-refractivity contribution in [3.63, 3.8) is 0 Å². The molecule has 1 aliphatic carbocycles. The van der Waals surface area contributed by atoms with Crippen molar-refractivity contribution in [3.8, 4) is 0 Å². The van der Waals surface area contributed by atoms with E-state index in [2.05, 4.69) is 22.1 Å². The first-order valence-electron chi connectivity index (χ1n) is 14.3. The molecule has 2 aliphatic rings. The summed E-state index contributed by atoms with van der Waals surface area (Å²) in [6.07, 6.45) is 8.83. The summed E-state index contributed by atoms with van der Waals surface area (Å²) >= 11 is 0. The van der Waals surface area contributed by atoms with Crippen LogP contribution in [0, 0.1) is 17.7 Å². The van der Waals surface area contributed by atoms with E-state index < -0.39 is 11.7 Å². The Bertz CT molecular complexity index is 1580. The molecule has 3 heterocycles. The third kappa shape index (κ3) is 5.44. The van der Waals surface area contributed by atoms with Crippen molar-refractivity contribution in [1.29, 1.82) is 0 Å². The molecule has 1 saturated carbocycles. The molecule has 6 rings (SSSR count). The predicted octanol–water partition coefficient (Wildman–Crippen LogP) is 4.68. The number of anilines is 1. The van der Waals surface area contributed by atoms with E-state index in [0.29, 0.717) is 37.0 Å². The van der Waals surface area contributed by atoms with E-state index in [4.69, 9.17) is 10.2 Å².